The van der Waals surface area contributed by atoms with Crippen molar-refractivity contribution in [2.45, 2.75) is 38.7 Å². The summed E-state index contributed by atoms with van der Waals surface area (Å²) in [6, 6.07) is 0. The van der Waals surface area contributed by atoms with E-state index >= 15 is 0 Å². The highest BCUT2D eigenvalue weighted by Crippen LogP contribution is 1.95. The number of ether oxygens (including phenoxy) is 1. The van der Waals surface area contributed by atoms with Crippen LogP contribution >= 0.6 is 0 Å². The molecule has 0 saturated carbocycles. The van der Waals surface area contributed by atoms with Crippen LogP contribution in [-0.2, 0) is 9.53 Å². The molecule has 0 aliphatic heterocycles. The first-order valence-corrected chi connectivity index (χ1v) is 5.86. The number of carbonyl (C=O) groups is 1. The van der Waals surface area contributed by atoms with E-state index in [1.165, 1.54) is 0 Å². The van der Waals surface area contributed by atoms with E-state index < -0.39 is 6.10 Å². The van der Waals surface area contributed by atoms with E-state index in [1.807, 2.05) is 0 Å². The maximum Gasteiger partial charge on any atom is 0.308 e. The molecule has 0 rings (SSSR count). The molecular weight excluding hydrogens is 210 g/mol. The zero-order valence-corrected chi connectivity index (χ0v) is 9.95. The Kier molecular flexibility index (Phi) is 10.4. The molecule has 1 unspecified atom stereocenters. The number of carbonyl (C=O) groups excluding carboxylic acids is 1. The molecule has 3 N–H and O–H groups in total. The lowest BCUT2D eigenvalue weighted by molar-refractivity contribution is -0.145. The second kappa shape index (κ2) is 10.9. The van der Waals surface area contributed by atoms with Crippen molar-refractivity contribution in [2.24, 2.45) is 0 Å². The molecule has 0 aliphatic carbocycles. The van der Waals surface area contributed by atoms with Crippen LogP contribution < -0.4 is 5.32 Å². The first-order valence-electron chi connectivity index (χ1n) is 5.86. The summed E-state index contributed by atoms with van der Waals surface area (Å²) in [6.07, 6.45) is 2.10. The van der Waals surface area contributed by atoms with Crippen LogP contribution in [0.4, 0.5) is 0 Å². The highest BCUT2D eigenvalue weighted by molar-refractivity contribution is 5.69. The number of nitrogens with one attached hydrogen (secondary N) is 1. The first-order chi connectivity index (χ1) is 7.70. The lowest BCUT2D eigenvalue weighted by Crippen LogP contribution is -2.29. The van der Waals surface area contributed by atoms with Crippen LogP contribution in [0.15, 0.2) is 0 Å². The first kappa shape index (κ1) is 15.3. The van der Waals surface area contributed by atoms with Gasteiger partial charge in [-0.1, -0.05) is 0 Å². The van der Waals surface area contributed by atoms with Crippen molar-refractivity contribution in [3.63, 3.8) is 0 Å². The SMILES string of the molecule is CCOC(=O)CC(O)CNCCCCCO. The van der Waals surface area contributed by atoms with E-state index in [1.54, 1.807) is 6.92 Å². The van der Waals surface area contributed by atoms with E-state index in [2.05, 4.69) is 5.32 Å². The van der Waals surface area contributed by atoms with Crippen LogP contribution in [0, 0.1) is 0 Å². The minimum atomic E-state index is -0.683. The Labute approximate surface area is 96.8 Å². The average molecular weight is 233 g/mol. The second-order valence-electron chi connectivity index (χ2n) is 3.65. The van der Waals surface area contributed by atoms with Gasteiger partial charge < -0.3 is 20.3 Å². The van der Waals surface area contributed by atoms with Gasteiger partial charge in [0, 0.05) is 13.2 Å². The molecule has 0 radical (unpaired) electrons. The Morgan fingerprint density at radius 1 is 1.38 bits per heavy atom. The van der Waals surface area contributed by atoms with Crippen molar-refractivity contribution >= 4 is 5.97 Å². The Morgan fingerprint density at radius 3 is 2.75 bits per heavy atom. The van der Waals surface area contributed by atoms with Crippen molar-refractivity contribution in [1.29, 1.82) is 0 Å². The standard InChI is InChI=1S/C11H23NO4/c1-2-16-11(15)8-10(14)9-12-6-4-3-5-7-13/h10,12-14H,2-9H2,1H3. The van der Waals surface area contributed by atoms with Gasteiger partial charge in [0.05, 0.1) is 19.1 Å². The number of aliphatic hydroxyl groups is 2. The molecule has 0 bridgehead atoms. The number of esters is 1. The smallest absolute Gasteiger partial charge is 0.308 e. The molecule has 96 valence electrons. The summed E-state index contributed by atoms with van der Waals surface area (Å²) in [4.78, 5) is 11.0. The Morgan fingerprint density at radius 2 is 2.12 bits per heavy atom. The van der Waals surface area contributed by atoms with Crippen molar-refractivity contribution in [1.82, 2.24) is 5.32 Å². The number of rotatable bonds is 10. The Bertz CT molecular complexity index is 175. The van der Waals surface area contributed by atoms with Gasteiger partial charge in [0.25, 0.3) is 0 Å². The van der Waals surface area contributed by atoms with Gasteiger partial charge in [-0.3, -0.25) is 4.79 Å². The van der Waals surface area contributed by atoms with Crippen LogP contribution in [0.5, 0.6) is 0 Å². The second-order valence-corrected chi connectivity index (χ2v) is 3.65. The average Bonchev–Trinajstić information content (AvgIpc) is 2.23. The Balaban J connectivity index is 3.29. The fraction of sp³-hybridized carbons (Fsp3) is 0.909. The molecule has 0 aromatic carbocycles. The summed E-state index contributed by atoms with van der Waals surface area (Å²) in [5.74, 6) is -0.364. The fourth-order valence-corrected chi connectivity index (χ4v) is 1.29. The lowest BCUT2D eigenvalue weighted by Gasteiger charge is -2.10. The molecule has 5 heteroatoms. The third kappa shape index (κ3) is 9.89. The molecule has 5 nitrogen and oxygen atoms in total. The predicted molar refractivity (Wildman–Crippen MR) is 61.1 cm³/mol. The van der Waals surface area contributed by atoms with Gasteiger partial charge in [-0.25, -0.2) is 0 Å². The van der Waals surface area contributed by atoms with Gasteiger partial charge >= 0.3 is 5.97 Å². The van der Waals surface area contributed by atoms with Crippen molar-refractivity contribution < 1.29 is 19.7 Å². The molecule has 0 aliphatic rings. The number of hydrogen-bond donors (Lipinski definition) is 3. The van der Waals surface area contributed by atoms with Gasteiger partial charge in [0.15, 0.2) is 0 Å². The van der Waals surface area contributed by atoms with Gasteiger partial charge in [0.1, 0.15) is 0 Å². The normalized spacial score (nSPS) is 12.4. The third-order valence-corrected chi connectivity index (χ3v) is 2.10. The van der Waals surface area contributed by atoms with E-state index in [0.29, 0.717) is 13.2 Å². The maximum absolute atomic E-state index is 11.0. The van der Waals surface area contributed by atoms with Crippen LogP contribution in [0.1, 0.15) is 32.6 Å². The minimum absolute atomic E-state index is 0.0392. The molecule has 0 amide bonds. The molecule has 0 aromatic heterocycles. The van der Waals surface area contributed by atoms with Crippen molar-refractivity contribution in [2.75, 3.05) is 26.3 Å². The van der Waals surface area contributed by atoms with Gasteiger partial charge in [-0.2, -0.15) is 0 Å². The summed E-state index contributed by atoms with van der Waals surface area (Å²) in [7, 11) is 0. The van der Waals surface area contributed by atoms with Crippen LogP contribution in [-0.4, -0.2) is 48.6 Å². The van der Waals surface area contributed by atoms with Gasteiger partial charge in [0.2, 0.25) is 0 Å². The summed E-state index contributed by atoms with van der Waals surface area (Å²) in [5, 5.41) is 21.0. The summed E-state index contributed by atoms with van der Waals surface area (Å²) < 4.78 is 4.72. The van der Waals surface area contributed by atoms with Crippen molar-refractivity contribution in [3.8, 4) is 0 Å². The van der Waals surface area contributed by atoms with Gasteiger partial charge in [-0.05, 0) is 32.7 Å². The third-order valence-electron chi connectivity index (χ3n) is 2.10. The summed E-state index contributed by atoms with van der Waals surface area (Å²) in [5.41, 5.74) is 0. The number of aliphatic hydroxyl groups excluding tert-OH is 2. The molecule has 0 saturated heterocycles. The number of hydrogen-bond acceptors (Lipinski definition) is 5. The van der Waals surface area contributed by atoms with E-state index in [4.69, 9.17) is 9.84 Å². The largest absolute Gasteiger partial charge is 0.466 e. The molecule has 16 heavy (non-hydrogen) atoms. The molecule has 0 aromatic rings. The molecule has 1 atom stereocenters. The van der Waals surface area contributed by atoms with Gasteiger partial charge in [-0.15, -0.1) is 0 Å². The minimum Gasteiger partial charge on any atom is -0.466 e. The molecular formula is C11H23NO4. The maximum atomic E-state index is 11.0. The van der Waals surface area contributed by atoms with E-state index in [9.17, 15) is 9.90 Å². The van der Waals surface area contributed by atoms with Crippen molar-refractivity contribution in [3.05, 3.63) is 0 Å². The fourth-order valence-electron chi connectivity index (χ4n) is 1.29. The predicted octanol–water partition coefficient (Wildman–Crippen LogP) is 0.0527. The van der Waals surface area contributed by atoms with Crippen LogP contribution in [0.2, 0.25) is 0 Å². The summed E-state index contributed by atoms with van der Waals surface area (Å²) >= 11 is 0. The molecule has 0 heterocycles. The van der Waals surface area contributed by atoms with Crippen LogP contribution in [0.3, 0.4) is 0 Å². The van der Waals surface area contributed by atoms with Crippen LogP contribution in [0.25, 0.3) is 0 Å². The molecule has 0 fully saturated rings. The Hall–Kier alpha value is -0.650. The molecule has 0 spiro atoms. The zero-order chi connectivity index (χ0) is 12.2. The quantitative estimate of drug-likeness (QED) is 0.367. The van der Waals surface area contributed by atoms with E-state index in [-0.39, 0.29) is 19.0 Å². The lowest BCUT2D eigenvalue weighted by atomic mass is 10.2. The highest BCUT2D eigenvalue weighted by Gasteiger charge is 2.10. The monoisotopic (exact) mass is 233 g/mol. The summed E-state index contributed by atoms with van der Waals surface area (Å²) in [6.45, 7) is 3.51. The highest BCUT2D eigenvalue weighted by atomic mass is 16.5. The topological polar surface area (TPSA) is 78.8 Å². The number of unbranched alkanes of at least 4 members (excludes halogenated alkanes) is 2. The van der Waals surface area contributed by atoms with E-state index in [0.717, 1.165) is 25.8 Å². The zero-order valence-electron chi connectivity index (χ0n) is 9.95.